The van der Waals surface area contributed by atoms with Crippen LogP contribution in [0.1, 0.15) is 290 Å². The average molecular weight is 1100 g/mol. The Kier molecular flexibility index (Phi) is 46.0. The maximum atomic E-state index is 13.3. The summed E-state index contributed by atoms with van der Waals surface area (Å²) in [5.74, 6) is -0.234. The molecule has 0 aromatic heterocycles. The normalized spacial score (nSPS) is 24.7. The van der Waals surface area contributed by atoms with Crippen molar-refractivity contribution in [2.75, 3.05) is 19.8 Å². The Bertz CT molecular complexity index is 1340. The number of hydrogen-bond acceptors (Lipinski definition) is 13. The van der Waals surface area contributed by atoms with Gasteiger partial charge in [0, 0.05) is 6.42 Å². The van der Waals surface area contributed by atoms with Crippen LogP contribution in [0.25, 0.3) is 0 Å². The first kappa shape index (κ1) is 71.8. The molecule has 2 fully saturated rings. The molecule has 0 radical (unpaired) electrons. The van der Waals surface area contributed by atoms with Gasteiger partial charge in [-0.25, -0.2) is 0 Å². The smallest absolute Gasteiger partial charge is 0.220 e. The van der Waals surface area contributed by atoms with Crippen LogP contribution < -0.4 is 5.32 Å². The van der Waals surface area contributed by atoms with Gasteiger partial charge < -0.3 is 65.1 Å². The molecule has 0 aliphatic carbocycles. The highest BCUT2D eigenvalue weighted by Crippen LogP contribution is 2.30. The molecule has 0 spiro atoms. The van der Waals surface area contributed by atoms with Crippen LogP contribution in [0, 0.1) is 0 Å². The average Bonchev–Trinajstić information content (AvgIpc) is 3.44. The van der Waals surface area contributed by atoms with Gasteiger partial charge in [-0.15, -0.1) is 0 Å². The van der Waals surface area contributed by atoms with E-state index in [4.69, 9.17) is 18.9 Å². The summed E-state index contributed by atoms with van der Waals surface area (Å²) in [6, 6.07) is -0.909. The van der Waals surface area contributed by atoms with Crippen molar-refractivity contribution >= 4 is 5.91 Å². The van der Waals surface area contributed by atoms with Crippen molar-refractivity contribution in [1.82, 2.24) is 5.32 Å². The molecule has 0 saturated carbocycles. The van der Waals surface area contributed by atoms with Crippen molar-refractivity contribution in [3.63, 3.8) is 0 Å². The lowest BCUT2D eigenvalue weighted by Crippen LogP contribution is -2.65. The van der Waals surface area contributed by atoms with Crippen molar-refractivity contribution < 1.29 is 64.6 Å². The fraction of sp³-hybridized carbons (Fsp3) is 0.952. The zero-order chi connectivity index (χ0) is 56.0. The van der Waals surface area contributed by atoms with Gasteiger partial charge in [-0.2, -0.15) is 0 Å². The second kappa shape index (κ2) is 49.3. The van der Waals surface area contributed by atoms with Gasteiger partial charge in [-0.3, -0.25) is 4.79 Å². The van der Waals surface area contributed by atoms with E-state index in [-0.39, 0.29) is 18.9 Å². The summed E-state index contributed by atoms with van der Waals surface area (Å²) in [5.41, 5.74) is 0. The van der Waals surface area contributed by atoms with E-state index in [9.17, 15) is 45.6 Å². The van der Waals surface area contributed by atoms with Crippen LogP contribution in [0.2, 0.25) is 0 Å². The third kappa shape index (κ3) is 34.7. The number of aliphatic hydroxyl groups excluding tert-OH is 8. The summed E-state index contributed by atoms with van der Waals surface area (Å²) in [5, 5.41) is 87.0. The zero-order valence-corrected chi connectivity index (χ0v) is 49.2. The molecule has 0 aromatic rings. The van der Waals surface area contributed by atoms with Crippen molar-refractivity contribution in [2.24, 2.45) is 0 Å². The van der Waals surface area contributed by atoms with E-state index in [0.29, 0.717) is 6.42 Å². The van der Waals surface area contributed by atoms with E-state index >= 15 is 0 Å². The molecule has 12 atom stereocenters. The van der Waals surface area contributed by atoms with Crippen LogP contribution in [0.5, 0.6) is 0 Å². The molecule has 9 N–H and O–H groups in total. The van der Waals surface area contributed by atoms with Gasteiger partial charge >= 0.3 is 0 Å². The van der Waals surface area contributed by atoms with Crippen molar-refractivity contribution in [2.45, 2.75) is 364 Å². The number of carbonyl (C=O) groups is 1. The molecule has 2 rings (SSSR count). The predicted octanol–water partition coefficient (Wildman–Crippen LogP) is 11.8. The van der Waals surface area contributed by atoms with E-state index in [1.807, 2.05) is 6.08 Å². The Morgan fingerprint density at radius 2 is 0.805 bits per heavy atom. The molecular formula is C63H121NO13. The van der Waals surface area contributed by atoms with Gasteiger partial charge in [0.05, 0.1) is 32.0 Å². The molecule has 2 heterocycles. The molecule has 2 aliphatic heterocycles. The summed E-state index contributed by atoms with van der Waals surface area (Å²) in [6.45, 7) is 2.82. The highest BCUT2D eigenvalue weighted by molar-refractivity contribution is 5.76. The van der Waals surface area contributed by atoms with E-state index in [1.165, 1.54) is 225 Å². The van der Waals surface area contributed by atoms with E-state index in [2.05, 4.69) is 19.2 Å². The summed E-state index contributed by atoms with van der Waals surface area (Å²) in [6.07, 6.45) is 41.4. The fourth-order valence-corrected chi connectivity index (χ4v) is 11.0. The lowest BCUT2D eigenvalue weighted by Gasteiger charge is -2.46. The van der Waals surface area contributed by atoms with Gasteiger partial charge in [-0.1, -0.05) is 276 Å². The highest BCUT2D eigenvalue weighted by Gasteiger charge is 2.51. The fourth-order valence-electron chi connectivity index (χ4n) is 11.0. The monoisotopic (exact) mass is 1100 g/mol. The minimum absolute atomic E-state index is 0.234. The number of hydrogen-bond donors (Lipinski definition) is 9. The first-order valence-corrected chi connectivity index (χ1v) is 32.4. The molecule has 2 aliphatic rings. The molecule has 1 amide bonds. The quantitative estimate of drug-likeness (QED) is 0.0204. The summed E-state index contributed by atoms with van der Waals surface area (Å²) >= 11 is 0. The van der Waals surface area contributed by atoms with Crippen LogP contribution in [0.3, 0.4) is 0 Å². The van der Waals surface area contributed by atoms with Crippen LogP contribution >= 0.6 is 0 Å². The first-order chi connectivity index (χ1) is 37.6. The van der Waals surface area contributed by atoms with Gasteiger partial charge in [0.1, 0.15) is 48.8 Å². The first-order valence-electron chi connectivity index (χ1n) is 32.4. The molecule has 0 aromatic carbocycles. The second-order valence-electron chi connectivity index (χ2n) is 23.3. The van der Waals surface area contributed by atoms with Crippen LogP contribution in [-0.4, -0.2) is 140 Å². The maximum absolute atomic E-state index is 13.3. The Balaban J connectivity index is 1.62. The van der Waals surface area contributed by atoms with Crippen molar-refractivity contribution in [3.8, 4) is 0 Å². The number of ether oxygens (including phenoxy) is 4. The molecule has 456 valence electrons. The summed E-state index contributed by atoms with van der Waals surface area (Å²) < 4.78 is 22.8. The summed E-state index contributed by atoms with van der Waals surface area (Å²) in [7, 11) is 0. The SMILES string of the molecule is CCCCCCCCCCCC/C=C/[C@@H](O)[C@H](CO[C@@H]1O[C@H](CO)[C@@H](O[C@@H]2O[C@H](CO)[C@H](O)C(O)C2O)C(O)C1O)NC(=O)CCCCCCCCCCCCCCCCCCCCCCCCCCCCCCCCC. The Morgan fingerprint density at radius 3 is 1.19 bits per heavy atom. The molecule has 0 bridgehead atoms. The van der Waals surface area contributed by atoms with Crippen molar-refractivity contribution in [1.29, 1.82) is 0 Å². The minimum Gasteiger partial charge on any atom is -0.394 e. The highest BCUT2D eigenvalue weighted by atomic mass is 16.7. The van der Waals surface area contributed by atoms with Gasteiger partial charge in [0.15, 0.2) is 12.6 Å². The Hall–Kier alpha value is -1.27. The Labute approximate surface area is 469 Å². The number of allylic oxidation sites excluding steroid dienone is 1. The third-order valence-corrected chi connectivity index (χ3v) is 16.2. The van der Waals surface area contributed by atoms with Gasteiger partial charge in [0.2, 0.25) is 5.91 Å². The van der Waals surface area contributed by atoms with E-state index in [1.54, 1.807) is 6.08 Å². The standard InChI is InChI=1S/C63H121NO13/c1-3-5-7-9-11-13-15-17-18-19-20-21-22-23-24-25-26-27-28-29-30-31-32-33-34-35-37-39-41-43-45-47-55(68)64-51(52(67)46-44-42-40-38-36-16-14-12-10-8-6-4-2)50-74-62-60(73)58(71)61(54(49-66)76-62)77-63-59(72)57(70)56(69)53(48-65)75-63/h44,46,51-54,56-63,65-67,69-73H,3-43,45,47-50H2,1-2H3,(H,64,68)/b46-44+/t51-,52+,53+,54+,56-,57?,58?,59?,60?,61+,62+,63-/m0/s1. The van der Waals surface area contributed by atoms with Gasteiger partial charge in [0.25, 0.3) is 0 Å². The number of rotatable bonds is 53. The van der Waals surface area contributed by atoms with Crippen LogP contribution in [-0.2, 0) is 23.7 Å². The lowest BCUT2D eigenvalue weighted by atomic mass is 9.97. The number of aliphatic hydroxyl groups is 8. The Morgan fingerprint density at radius 1 is 0.455 bits per heavy atom. The third-order valence-electron chi connectivity index (χ3n) is 16.2. The number of amides is 1. The van der Waals surface area contributed by atoms with E-state index < -0.39 is 86.8 Å². The molecule has 2 saturated heterocycles. The topological polar surface area (TPSA) is 228 Å². The predicted molar refractivity (Wildman–Crippen MR) is 309 cm³/mol. The van der Waals surface area contributed by atoms with Crippen molar-refractivity contribution in [3.05, 3.63) is 12.2 Å². The molecular weight excluding hydrogens is 979 g/mol. The number of nitrogens with one attached hydrogen (secondary N) is 1. The zero-order valence-electron chi connectivity index (χ0n) is 49.2. The lowest BCUT2D eigenvalue weighted by molar-refractivity contribution is -0.359. The second-order valence-corrected chi connectivity index (χ2v) is 23.3. The maximum Gasteiger partial charge on any atom is 0.220 e. The summed E-state index contributed by atoms with van der Waals surface area (Å²) in [4.78, 5) is 13.3. The van der Waals surface area contributed by atoms with Crippen LogP contribution in [0.4, 0.5) is 0 Å². The van der Waals surface area contributed by atoms with E-state index in [0.717, 1.165) is 38.5 Å². The molecule has 4 unspecified atom stereocenters. The molecule has 77 heavy (non-hydrogen) atoms. The van der Waals surface area contributed by atoms with Gasteiger partial charge in [-0.05, 0) is 19.3 Å². The van der Waals surface area contributed by atoms with Crippen LogP contribution in [0.15, 0.2) is 12.2 Å². The minimum atomic E-state index is -1.79. The molecule has 14 heteroatoms. The molecule has 14 nitrogen and oxygen atoms in total. The number of carbonyl (C=O) groups excluding carboxylic acids is 1. The number of unbranched alkanes of at least 4 members (excludes halogenated alkanes) is 40. The largest absolute Gasteiger partial charge is 0.394 e.